The summed E-state index contributed by atoms with van der Waals surface area (Å²) in [4.78, 5) is 1.37. The van der Waals surface area contributed by atoms with Crippen LogP contribution in [0.4, 0.5) is 0 Å². The molecular formula is C15H17BrClNS. The predicted molar refractivity (Wildman–Crippen MR) is 88.3 cm³/mol. The Balaban J connectivity index is 2.21. The molecule has 0 aliphatic rings. The smallest absolute Gasteiger partial charge is 0.0701 e. The number of benzene rings is 1. The SMILES string of the molecule is CCNC(Cc1ccc(Br)s1)c1ccc(C)c(Cl)c1. The molecule has 2 aromatic rings. The van der Waals surface area contributed by atoms with Gasteiger partial charge >= 0.3 is 0 Å². The highest BCUT2D eigenvalue weighted by Gasteiger charge is 2.13. The van der Waals surface area contributed by atoms with E-state index in [1.54, 1.807) is 11.3 Å². The number of thiophene rings is 1. The van der Waals surface area contributed by atoms with E-state index in [1.165, 1.54) is 14.2 Å². The third-order valence-electron chi connectivity index (χ3n) is 3.08. The van der Waals surface area contributed by atoms with Crippen LogP contribution in [0.15, 0.2) is 34.1 Å². The maximum atomic E-state index is 6.23. The predicted octanol–water partition coefficient (Wildman–Crippen LogP) is 5.37. The van der Waals surface area contributed by atoms with Crippen molar-refractivity contribution in [2.75, 3.05) is 6.54 Å². The molecule has 1 aromatic carbocycles. The lowest BCUT2D eigenvalue weighted by atomic mass is 10.0. The molecule has 1 heterocycles. The Hall–Kier alpha value is -0.350. The molecular weight excluding hydrogens is 342 g/mol. The molecule has 0 aliphatic carbocycles. The molecule has 1 atom stereocenters. The van der Waals surface area contributed by atoms with Crippen LogP contribution >= 0.6 is 38.9 Å². The first-order valence-corrected chi connectivity index (χ1v) is 8.32. The summed E-state index contributed by atoms with van der Waals surface area (Å²) in [7, 11) is 0. The first-order chi connectivity index (χ1) is 9.10. The highest BCUT2D eigenvalue weighted by molar-refractivity contribution is 9.11. The maximum absolute atomic E-state index is 6.23. The van der Waals surface area contributed by atoms with Gasteiger partial charge in [-0.1, -0.05) is 30.7 Å². The molecule has 4 heteroatoms. The Morgan fingerprint density at radius 2 is 2.11 bits per heavy atom. The van der Waals surface area contributed by atoms with Crippen LogP contribution in [0.5, 0.6) is 0 Å². The summed E-state index contributed by atoms with van der Waals surface area (Å²) in [6.45, 7) is 5.11. The second-order valence-corrected chi connectivity index (χ2v) is 7.48. The number of halogens is 2. The highest BCUT2D eigenvalue weighted by Crippen LogP contribution is 2.28. The largest absolute Gasteiger partial charge is 0.310 e. The van der Waals surface area contributed by atoms with E-state index in [4.69, 9.17) is 11.6 Å². The van der Waals surface area contributed by atoms with Gasteiger partial charge in [-0.05, 0) is 58.7 Å². The topological polar surface area (TPSA) is 12.0 Å². The van der Waals surface area contributed by atoms with Crippen molar-refractivity contribution in [3.05, 3.63) is 55.1 Å². The Kier molecular flexibility index (Phi) is 5.46. The minimum Gasteiger partial charge on any atom is -0.310 e. The van der Waals surface area contributed by atoms with Crippen LogP contribution in [0.2, 0.25) is 5.02 Å². The zero-order valence-corrected chi connectivity index (χ0v) is 14.2. The lowest BCUT2D eigenvalue weighted by Crippen LogP contribution is -2.22. The highest BCUT2D eigenvalue weighted by atomic mass is 79.9. The zero-order chi connectivity index (χ0) is 13.8. The Morgan fingerprint density at radius 1 is 1.32 bits per heavy atom. The van der Waals surface area contributed by atoms with Crippen LogP contribution < -0.4 is 5.32 Å². The Labute approximate surface area is 132 Å². The summed E-state index contributed by atoms with van der Waals surface area (Å²) in [5, 5.41) is 4.38. The second-order valence-electron chi connectivity index (χ2n) is 4.53. The molecule has 102 valence electrons. The van der Waals surface area contributed by atoms with Crippen LogP contribution in [0, 0.1) is 6.92 Å². The van der Waals surface area contributed by atoms with Gasteiger partial charge in [-0.2, -0.15) is 0 Å². The molecule has 0 bridgehead atoms. The fourth-order valence-electron chi connectivity index (χ4n) is 2.04. The van der Waals surface area contributed by atoms with Gasteiger partial charge in [0.25, 0.3) is 0 Å². The molecule has 1 N–H and O–H groups in total. The molecule has 1 unspecified atom stereocenters. The summed E-state index contributed by atoms with van der Waals surface area (Å²) in [6, 6.07) is 10.9. The molecule has 0 spiro atoms. The van der Waals surface area contributed by atoms with Crippen LogP contribution in [0.1, 0.15) is 29.0 Å². The molecule has 0 saturated carbocycles. The Bertz CT molecular complexity index is 553. The molecule has 0 aliphatic heterocycles. The van der Waals surface area contributed by atoms with Crippen LogP contribution in [0.3, 0.4) is 0 Å². The van der Waals surface area contributed by atoms with Crippen molar-refractivity contribution >= 4 is 38.9 Å². The van der Waals surface area contributed by atoms with E-state index < -0.39 is 0 Å². The molecule has 1 aromatic heterocycles. The first kappa shape index (κ1) is 15.0. The summed E-state index contributed by atoms with van der Waals surface area (Å²) in [6.07, 6.45) is 0.990. The van der Waals surface area contributed by atoms with E-state index in [1.807, 2.05) is 6.92 Å². The van der Waals surface area contributed by atoms with Gasteiger partial charge < -0.3 is 5.32 Å². The zero-order valence-electron chi connectivity index (χ0n) is 11.0. The van der Waals surface area contributed by atoms with Gasteiger partial charge in [0.1, 0.15) is 0 Å². The maximum Gasteiger partial charge on any atom is 0.0701 e. The van der Waals surface area contributed by atoms with Crippen molar-refractivity contribution in [2.24, 2.45) is 0 Å². The van der Waals surface area contributed by atoms with Crippen molar-refractivity contribution in [3.8, 4) is 0 Å². The van der Waals surface area contributed by atoms with Crippen LogP contribution in [0.25, 0.3) is 0 Å². The molecule has 2 rings (SSSR count). The Morgan fingerprint density at radius 3 is 2.68 bits per heavy atom. The lowest BCUT2D eigenvalue weighted by molar-refractivity contribution is 0.553. The van der Waals surface area contributed by atoms with Crippen molar-refractivity contribution in [1.82, 2.24) is 5.32 Å². The first-order valence-electron chi connectivity index (χ1n) is 6.33. The van der Waals surface area contributed by atoms with Crippen molar-refractivity contribution in [1.29, 1.82) is 0 Å². The summed E-state index contributed by atoms with van der Waals surface area (Å²) < 4.78 is 1.18. The number of aryl methyl sites for hydroxylation is 1. The van der Waals surface area contributed by atoms with Gasteiger partial charge in [-0.15, -0.1) is 11.3 Å². The molecule has 0 radical (unpaired) electrons. The van der Waals surface area contributed by atoms with E-state index in [0.717, 1.165) is 23.6 Å². The standard InChI is InChI=1S/C15H17BrClNS/c1-3-18-14(9-12-6-7-15(16)19-12)11-5-4-10(2)13(17)8-11/h4-8,14,18H,3,9H2,1-2H3. The van der Waals surface area contributed by atoms with E-state index in [2.05, 4.69) is 58.5 Å². The third-order valence-corrected chi connectivity index (χ3v) is 5.14. The molecule has 0 amide bonds. The molecule has 1 nitrogen and oxygen atoms in total. The van der Waals surface area contributed by atoms with E-state index in [-0.39, 0.29) is 0 Å². The average molecular weight is 359 g/mol. The minimum absolute atomic E-state index is 0.314. The third kappa shape index (κ3) is 4.06. The van der Waals surface area contributed by atoms with Gasteiger partial charge in [-0.25, -0.2) is 0 Å². The van der Waals surface area contributed by atoms with Crippen LogP contribution in [-0.2, 0) is 6.42 Å². The quantitative estimate of drug-likeness (QED) is 0.758. The minimum atomic E-state index is 0.314. The summed E-state index contributed by atoms with van der Waals surface area (Å²) in [5.41, 5.74) is 2.38. The van der Waals surface area contributed by atoms with Gasteiger partial charge in [0.15, 0.2) is 0 Å². The lowest BCUT2D eigenvalue weighted by Gasteiger charge is -2.18. The van der Waals surface area contributed by atoms with E-state index >= 15 is 0 Å². The molecule has 0 saturated heterocycles. The van der Waals surface area contributed by atoms with Crippen molar-refractivity contribution in [2.45, 2.75) is 26.3 Å². The summed E-state index contributed by atoms with van der Waals surface area (Å²) >= 11 is 11.5. The molecule has 19 heavy (non-hydrogen) atoms. The summed E-state index contributed by atoms with van der Waals surface area (Å²) in [5.74, 6) is 0. The van der Waals surface area contributed by atoms with Gasteiger partial charge in [0.05, 0.1) is 3.79 Å². The van der Waals surface area contributed by atoms with Gasteiger partial charge in [0, 0.05) is 22.4 Å². The normalized spacial score (nSPS) is 12.6. The number of nitrogens with one attached hydrogen (secondary N) is 1. The fraction of sp³-hybridized carbons (Fsp3) is 0.333. The van der Waals surface area contributed by atoms with E-state index in [0.29, 0.717) is 6.04 Å². The molecule has 0 fully saturated rings. The van der Waals surface area contributed by atoms with E-state index in [9.17, 15) is 0 Å². The number of hydrogen-bond acceptors (Lipinski definition) is 2. The monoisotopic (exact) mass is 357 g/mol. The second kappa shape index (κ2) is 6.89. The number of likely N-dealkylation sites (N-methyl/N-ethyl adjacent to an activating group) is 1. The average Bonchev–Trinajstić information content (AvgIpc) is 2.78. The van der Waals surface area contributed by atoms with Crippen molar-refractivity contribution < 1.29 is 0 Å². The fourth-order valence-corrected chi connectivity index (χ4v) is 3.76. The van der Waals surface area contributed by atoms with Gasteiger partial charge in [0.2, 0.25) is 0 Å². The van der Waals surface area contributed by atoms with Crippen molar-refractivity contribution in [3.63, 3.8) is 0 Å². The van der Waals surface area contributed by atoms with Crippen LogP contribution in [-0.4, -0.2) is 6.54 Å². The number of hydrogen-bond donors (Lipinski definition) is 1. The number of rotatable bonds is 5. The van der Waals surface area contributed by atoms with Gasteiger partial charge in [-0.3, -0.25) is 0 Å².